The molecule has 0 bridgehead atoms. The van der Waals surface area contributed by atoms with E-state index < -0.39 is 0 Å². The van der Waals surface area contributed by atoms with E-state index >= 15 is 0 Å². The van der Waals surface area contributed by atoms with Crippen LogP contribution in [0.15, 0.2) is 126 Å². The fraction of sp³-hybridized carbons (Fsp3) is 0.240. The van der Waals surface area contributed by atoms with Crippen molar-refractivity contribution in [2.75, 3.05) is 14.2 Å². The Morgan fingerprint density at radius 1 is 0.672 bits per heavy atom. The molecule has 0 aliphatic heterocycles. The van der Waals surface area contributed by atoms with Gasteiger partial charge in [0, 0.05) is 55.6 Å². The number of thiol groups is 1. The van der Waals surface area contributed by atoms with Gasteiger partial charge < -0.3 is 43.8 Å². The van der Waals surface area contributed by atoms with Crippen molar-refractivity contribution >= 4 is 47.2 Å². The molecule has 0 aliphatic rings. The number of carbonyl (C=O) groups excluding carboxylic acids is 2. The van der Waals surface area contributed by atoms with Crippen molar-refractivity contribution in [2.24, 2.45) is 11.8 Å². The quantitative estimate of drug-likeness (QED) is 0.0455. The molecule has 5 N–H and O–H groups in total. The number of methoxy groups -OCH3 is 1. The van der Waals surface area contributed by atoms with Gasteiger partial charge >= 0.3 is 0 Å². The normalized spacial score (nSPS) is 11.6. The summed E-state index contributed by atoms with van der Waals surface area (Å²) in [4.78, 5) is 58.4. The van der Waals surface area contributed by atoms with E-state index in [1.165, 1.54) is 6.07 Å². The van der Waals surface area contributed by atoms with Crippen LogP contribution in [0.5, 0.6) is 5.88 Å². The van der Waals surface area contributed by atoms with Gasteiger partial charge in [-0.2, -0.15) is 0 Å². The summed E-state index contributed by atoms with van der Waals surface area (Å²) >= 11 is 0. The minimum absolute atomic E-state index is 0. The molecule has 1 amide bonds. The number of aldehydes is 1. The van der Waals surface area contributed by atoms with E-state index in [4.69, 9.17) is 4.74 Å². The minimum Gasteiger partial charge on any atom is -0.813 e. The summed E-state index contributed by atoms with van der Waals surface area (Å²) in [6.45, 7) is 12.5. The zero-order valence-corrected chi connectivity index (χ0v) is 41.2. The third kappa shape index (κ3) is 11.9. The maximum atomic E-state index is 13.6. The maximum absolute atomic E-state index is 13.6. The summed E-state index contributed by atoms with van der Waals surface area (Å²) in [5, 5.41) is 9.72. The van der Waals surface area contributed by atoms with Crippen LogP contribution in [0.2, 0.25) is 0 Å². The summed E-state index contributed by atoms with van der Waals surface area (Å²) < 4.78 is 5.37. The summed E-state index contributed by atoms with van der Waals surface area (Å²) in [7, 11) is 3.51. The molecule has 4 aromatic heterocycles. The first-order chi connectivity index (χ1) is 30.1. The van der Waals surface area contributed by atoms with E-state index in [9.17, 15) is 14.4 Å². The van der Waals surface area contributed by atoms with Gasteiger partial charge in [0.15, 0.2) is 6.29 Å². The first kappa shape index (κ1) is 50.9. The van der Waals surface area contributed by atoms with Crippen LogP contribution in [0.25, 0.3) is 55.2 Å². The Balaban J connectivity index is 0.000000449. The SMILES string of the molecule is CC.CNC(c1ncc(-c2ccc(-c3ccc(-c4cnc(C(NC(=O)c5nc(OC)cc6ccccc56)C(C)C)[nH]4)cc3)cc2)[nH]1)C(C)C.O=Cc1[nH]c(=O)cc2ccccc12.[SH-].[Y]. The Kier molecular flexibility index (Phi) is 18.9. The van der Waals surface area contributed by atoms with Gasteiger partial charge in [-0.05, 0) is 51.9 Å². The molecular formula is C50H55N8O4SY-. The Hall–Kier alpha value is -5.73. The van der Waals surface area contributed by atoms with Crippen LogP contribution in [0.4, 0.5) is 0 Å². The van der Waals surface area contributed by atoms with Crippen LogP contribution in [0, 0.1) is 11.8 Å². The fourth-order valence-corrected chi connectivity index (χ4v) is 7.30. The monoisotopic (exact) mass is 952 g/mol. The number of carbonyl (C=O) groups is 2. The van der Waals surface area contributed by atoms with Crippen LogP contribution >= 0.6 is 0 Å². The maximum Gasteiger partial charge on any atom is 0.271 e. The summed E-state index contributed by atoms with van der Waals surface area (Å²) in [6, 6.07) is 35.0. The third-order valence-corrected chi connectivity index (χ3v) is 10.5. The molecule has 329 valence electrons. The zero-order chi connectivity index (χ0) is 44.3. The average molecular weight is 953 g/mol. The van der Waals surface area contributed by atoms with Crippen LogP contribution in [0.3, 0.4) is 0 Å². The molecule has 8 rings (SSSR count). The molecule has 8 aromatic rings. The van der Waals surface area contributed by atoms with Gasteiger partial charge in [-0.25, -0.2) is 15.0 Å². The van der Waals surface area contributed by atoms with Gasteiger partial charge in [-0.15, -0.1) is 0 Å². The van der Waals surface area contributed by atoms with Crippen molar-refractivity contribution in [3.63, 3.8) is 0 Å². The van der Waals surface area contributed by atoms with Crippen LogP contribution < -0.4 is 20.9 Å². The molecular weight excluding hydrogens is 898 g/mol. The molecule has 12 nitrogen and oxygen atoms in total. The predicted octanol–water partition coefficient (Wildman–Crippen LogP) is 9.83. The van der Waals surface area contributed by atoms with E-state index in [0.717, 1.165) is 61.0 Å². The molecule has 2 unspecified atom stereocenters. The number of nitrogens with one attached hydrogen (secondary N) is 5. The molecule has 4 aromatic carbocycles. The number of hydrogen-bond donors (Lipinski definition) is 5. The molecule has 0 saturated carbocycles. The Labute approximate surface area is 406 Å². The first-order valence-corrected chi connectivity index (χ1v) is 20.9. The Morgan fingerprint density at radius 2 is 1.14 bits per heavy atom. The molecule has 1 radical (unpaired) electrons. The molecule has 14 heteroatoms. The number of imidazole rings is 2. The Bertz CT molecular complexity index is 2820. The average Bonchev–Trinajstić information content (AvgIpc) is 4.00. The zero-order valence-electron chi connectivity index (χ0n) is 37.4. The summed E-state index contributed by atoms with van der Waals surface area (Å²) in [5.41, 5.74) is 6.63. The van der Waals surface area contributed by atoms with Gasteiger partial charge in [0.05, 0.1) is 48.7 Å². The van der Waals surface area contributed by atoms with Gasteiger partial charge in [0.1, 0.15) is 17.3 Å². The second kappa shape index (κ2) is 23.8. The second-order valence-electron chi connectivity index (χ2n) is 15.2. The number of pyridine rings is 2. The van der Waals surface area contributed by atoms with Gasteiger partial charge in [-0.3, -0.25) is 14.4 Å². The van der Waals surface area contributed by atoms with Crippen LogP contribution in [-0.4, -0.2) is 56.3 Å². The van der Waals surface area contributed by atoms with E-state index in [-0.39, 0.29) is 75.7 Å². The number of benzene rings is 4. The van der Waals surface area contributed by atoms with E-state index in [2.05, 4.69) is 117 Å². The van der Waals surface area contributed by atoms with Crippen molar-refractivity contribution in [3.05, 3.63) is 155 Å². The predicted molar refractivity (Wildman–Crippen MR) is 257 cm³/mol. The molecule has 0 saturated heterocycles. The number of aromatic amines is 3. The van der Waals surface area contributed by atoms with Gasteiger partial charge in [-0.1, -0.05) is 139 Å². The van der Waals surface area contributed by atoms with Gasteiger partial charge in [0.25, 0.3) is 5.91 Å². The molecule has 0 aliphatic carbocycles. The van der Waals surface area contributed by atoms with E-state index in [1.807, 2.05) is 75.8 Å². The smallest absolute Gasteiger partial charge is 0.271 e. The number of hydrogen-bond acceptors (Lipinski definition) is 9. The van der Waals surface area contributed by atoms with Crippen molar-refractivity contribution in [1.82, 2.24) is 40.5 Å². The number of H-pyrrole nitrogens is 3. The van der Waals surface area contributed by atoms with E-state index in [1.54, 1.807) is 19.2 Å². The standard InChI is InChI=1S/C38H41N7O2.C10H7NO2.C2H6.H2S.Y/c1-22(2)33(39-5)36-40-20-30(42-36)26-15-11-24(12-16-26)25-13-17-27(18-14-25)31-21-41-37(43-31)34(23(3)4)45-38(46)35-29-10-8-7-9-28(29)19-32(44-35)47-6;12-6-9-8-4-2-1-3-7(8)5-10(13)11-9;1-2;;/h7-23,33-34,39H,1-6H3,(H,40,42)(H,41,43)(H,45,46);1-6H,(H,11,13);1-2H3;1H2;/p-1. The summed E-state index contributed by atoms with van der Waals surface area (Å²) in [5.74, 6) is 2.26. The van der Waals surface area contributed by atoms with Crippen molar-refractivity contribution in [2.45, 2.75) is 53.6 Å². The van der Waals surface area contributed by atoms with Crippen molar-refractivity contribution in [3.8, 4) is 39.5 Å². The fourth-order valence-electron chi connectivity index (χ4n) is 7.30. The van der Waals surface area contributed by atoms with Crippen LogP contribution in [0.1, 0.15) is 86.3 Å². The minimum atomic E-state index is -0.346. The number of aromatic nitrogens is 6. The first-order valence-electron chi connectivity index (χ1n) is 20.9. The third-order valence-electron chi connectivity index (χ3n) is 10.5. The number of fused-ring (bicyclic) bond motifs is 2. The molecule has 2 atom stereocenters. The molecule has 0 fully saturated rings. The van der Waals surface area contributed by atoms with E-state index in [0.29, 0.717) is 35.3 Å². The van der Waals surface area contributed by atoms with Crippen molar-refractivity contribution < 1.29 is 47.0 Å². The number of nitrogens with zero attached hydrogens (tertiary/aromatic N) is 3. The molecule has 64 heavy (non-hydrogen) atoms. The topological polar surface area (TPSA) is 171 Å². The number of rotatable bonds is 12. The van der Waals surface area contributed by atoms with Crippen molar-refractivity contribution in [1.29, 1.82) is 0 Å². The van der Waals surface area contributed by atoms with Gasteiger partial charge in [0.2, 0.25) is 11.4 Å². The molecule has 4 heterocycles. The summed E-state index contributed by atoms with van der Waals surface area (Å²) in [6.07, 6.45) is 4.37. The second-order valence-corrected chi connectivity index (χ2v) is 15.2. The van der Waals surface area contributed by atoms with Crippen LogP contribution in [-0.2, 0) is 46.2 Å². The molecule has 0 spiro atoms. The number of ether oxygens (including phenoxy) is 1. The largest absolute Gasteiger partial charge is 0.813 e. The Morgan fingerprint density at radius 3 is 1.62 bits per heavy atom. The number of amides is 1.